The zero-order valence-corrected chi connectivity index (χ0v) is 13.3. The lowest BCUT2D eigenvalue weighted by atomic mass is 10.3. The maximum atomic E-state index is 13.0. The van der Waals surface area contributed by atoms with Crippen molar-refractivity contribution >= 4 is 38.3 Å². The summed E-state index contributed by atoms with van der Waals surface area (Å²) < 4.78 is 45.4. The number of anilines is 1. The molecule has 108 valence electrons. The van der Waals surface area contributed by atoms with E-state index in [1.165, 1.54) is 31.2 Å². The molecule has 0 unspecified atom stereocenters. The molecule has 0 saturated heterocycles. The predicted octanol–water partition coefficient (Wildman–Crippen LogP) is 2.62. The van der Waals surface area contributed by atoms with Crippen molar-refractivity contribution in [3.63, 3.8) is 0 Å². The smallest absolute Gasteiger partial charge is 0.265 e. The number of aryl methyl sites for hydroxylation is 1. The van der Waals surface area contributed by atoms with Crippen molar-refractivity contribution in [2.45, 2.75) is 18.4 Å². The number of sulfonamides is 1. The molecule has 0 fully saturated rings. The van der Waals surface area contributed by atoms with Crippen molar-refractivity contribution in [3.05, 3.63) is 45.2 Å². The van der Waals surface area contributed by atoms with E-state index in [4.69, 9.17) is 9.52 Å². The molecule has 2 N–H and O–H groups in total. The summed E-state index contributed by atoms with van der Waals surface area (Å²) in [6.07, 6.45) is 0. The molecule has 20 heavy (non-hydrogen) atoms. The summed E-state index contributed by atoms with van der Waals surface area (Å²) in [7, 11) is -3.85. The number of benzene rings is 1. The molecule has 2 aromatic rings. The summed E-state index contributed by atoms with van der Waals surface area (Å²) in [5.41, 5.74) is 0.276. The van der Waals surface area contributed by atoms with E-state index in [2.05, 4.69) is 4.72 Å². The molecule has 0 radical (unpaired) electrons. The van der Waals surface area contributed by atoms with Crippen molar-refractivity contribution in [2.24, 2.45) is 0 Å². The Morgan fingerprint density at radius 3 is 2.65 bits per heavy atom. The van der Waals surface area contributed by atoms with Crippen LogP contribution < -0.4 is 4.72 Å². The molecular weight excluding hydrogens is 400 g/mol. The van der Waals surface area contributed by atoms with Gasteiger partial charge in [0.2, 0.25) is 0 Å². The van der Waals surface area contributed by atoms with E-state index < -0.39 is 15.8 Å². The standard InChI is InChI=1S/C12H11FINO4S/c1-7-12(5-9(6-16)19-7)20(17,18)15-11-3-2-8(13)4-10(11)14/h2-5,15-16H,6H2,1H3. The fraction of sp³-hybridized carbons (Fsp3) is 0.167. The largest absolute Gasteiger partial charge is 0.462 e. The van der Waals surface area contributed by atoms with Crippen LogP contribution in [0, 0.1) is 16.3 Å². The van der Waals surface area contributed by atoms with Crippen molar-refractivity contribution in [1.29, 1.82) is 0 Å². The lowest BCUT2D eigenvalue weighted by Crippen LogP contribution is -2.14. The van der Waals surface area contributed by atoms with Crippen LogP contribution in [0.4, 0.5) is 10.1 Å². The molecule has 0 spiro atoms. The minimum Gasteiger partial charge on any atom is -0.462 e. The zero-order chi connectivity index (χ0) is 14.9. The highest BCUT2D eigenvalue weighted by Gasteiger charge is 2.22. The van der Waals surface area contributed by atoms with Crippen LogP contribution in [0.2, 0.25) is 0 Å². The summed E-state index contributed by atoms with van der Waals surface area (Å²) in [5, 5.41) is 8.95. The first-order valence-corrected chi connectivity index (χ1v) is 8.07. The SMILES string of the molecule is Cc1oc(CO)cc1S(=O)(=O)Nc1ccc(F)cc1I. The molecule has 1 aromatic carbocycles. The highest BCUT2D eigenvalue weighted by Crippen LogP contribution is 2.25. The van der Waals surface area contributed by atoms with Crippen LogP contribution in [-0.2, 0) is 16.6 Å². The van der Waals surface area contributed by atoms with E-state index in [-0.39, 0.29) is 28.7 Å². The molecular formula is C12H11FINO4S. The van der Waals surface area contributed by atoms with Crippen LogP contribution in [-0.4, -0.2) is 13.5 Å². The Morgan fingerprint density at radius 1 is 1.40 bits per heavy atom. The molecule has 0 bridgehead atoms. The number of hydrogen-bond donors (Lipinski definition) is 2. The molecule has 8 heteroatoms. The molecule has 0 amide bonds. The summed E-state index contributed by atoms with van der Waals surface area (Å²) in [6.45, 7) is 1.10. The number of hydrogen-bond acceptors (Lipinski definition) is 4. The summed E-state index contributed by atoms with van der Waals surface area (Å²) in [5.74, 6) is -0.102. The second-order valence-corrected chi connectivity index (χ2v) is 6.83. The summed E-state index contributed by atoms with van der Waals surface area (Å²) in [4.78, 5) is -0.0540. The highest BCUT2D eigenvalue weighted by molar-refractivity contribution is 14.1. The van der Waals surface area contributed by atoms with Crippen LogP contribution in [0.25, 0.3) is 0 Å². The second kappa shape index (κ2) is 5.70. The van der Waals surface area contributed by atoms with Gasteiger partial charge in [-0.15, -0.1) is 0 Å². The quantitative estimate of drug-likeness (QED) is 0.759. The topological polar surface area (TPSA) is 79.5 Å². The molecule has 0 aliphatic carbocycles. The number of nitrogens with one attached hydrogen (secondary N) is 1. The third-order valence-electron chi connectivity index (χ3n) is 2.54. The molecule has 5 nitrogen and oxygen atoms in total. The van der Waals surface area contributed by atoms with Crippen LogP contribution in [0.3, 0.4) is 0 Å². The fourth-order valence-electron chi connectivity index (χ4n) is 1.64. The van der Waals surface area contributed by atoms with Crippen molar-refractivity contribution in [2.75, 3.05) is 4.72 Å². The number of aliphatic hydroxyl groups excluding tert-OH is 1. The van der Waals surface area contributed by atoms with Gasteiger partial charge >= 0.3 is 0 Å². The average molecular weight is 411 g/mol. The Kier molecular flexibility index (Phi) is 4.35. The van der Waals surface area contributed by atoms with E-state index in [1.807, 2.05) is 22.6 Å². The zero-order valence-electron chi connectivity index (χ0n) is 10.4. The van der Waals surface area contributed by atoms with E-state index in [0.29, 0.717) is 3.57 Å². The molecule has 0 aliphatic rings. The van der Waals surface area contributed by atoms with Crippen LogP contribution in [0.1, 0.15) is 11.5 Å². The van der Waals surface area contributed by atoms with Crippen molar-refractivity contribution < 1.29 is 22.3 Å². The molecule has 0 atom stereocenters. The van der Waals surface area contributed by atoms with Crippen LogP contribution >= 0.6 is 22.6 Å². The number of rotatable bonds is 4. The molecule has 1 aromatic heterocycles. The van der Waals surface area contributed by atoms with Gasteiger partial charge in [-0.05, 0) is 47.7 Å². The van der Waals surface area contributed by atoms with Crippen LogP contribution in [0.15, 0.2) is 33.6 Å². The third kappa shape index (κ3) is 3.13. The number of furan rings is 1. The van der Waals surface area contributed by atoms with Gasteiger partial charge < -0.3 is 9.52 Å². The Balaban J connectivity index is 2.38. The highest BCUT2D eigenvalue weighted by atomic mass is 127. The summed E-state index contributed by atoms with van der Waals surface area (Å²) in [6, 6.07) is 4.99. The van der Waals surface area contributed by atoms with Gasteiger partial charge in [-0.1, -0.05) is 0 Å². The van der Waals surface area contributed by atoms with E-state index in [0.717, 1.165) is 0 Å². The maximum absolute atomic E-state index is 13.0. The van der Waals surface area contributed by atoms with Gasteiger partial charge in [0.05, 0.1) is 5.69 Å². The van der Waals surface area contributed by atoms with Crippen LogP contribution in [0.5, 0.6) is 0 Å². The van der Waals surface area contributed by atoms with Crippen molar-refractivity contribution in [3.8, 4) is 0 Å². The monoisotopic (exact) mass is 411 g/mol. The van der Waals surface area contributed by atoms with Gasteiger partial charge in [-0.2, -0.15) is 0 Å². The van der Waals surface area contributed by atoms with Gasteiger partial charge in [0.25, 0.3) is 10.0 Å². The fourth-order valence-corrected chi connectivity index (χ4v) is 3.72. The van der Waals surface area contributed by atoms with Gasteiger partial charge in [0.15, 0.2) is 0 Å². The molecule has 0 aliphatic heterocycles. The Morgan fingerprint density at radius 2 is 2.10 bits per heavy atom. The number of halogens is 2. The van der Waals surface area contributed by atoms with E-state index >= 15 is 0 Å². The van der Waals surface area contributed by atoms with Crippen molar-refractivity contribution in [1.82, 2.24) is 0 Å². The lowest BCUT2D eigenvalue weighted by molar-refractivity contribution is 0.245. The first-order valence-electron chi connectivity index (χ1n) is 5.51. The van der Waals surface area contributed by atoms with Gasteiger partial charge in [0, 0.05) is 9.64 Å². The Hall–Kier alpha value is -1.13. The first-order chi connectivity index (χ1) is 9.33. The lowest BCUT2D eigenvalue weighted by Gasteiger charge is -2.08. The molecule has 2 rings (SSSR count). The second-order valence-electron chi connectivity index (χ2n) is 4.02. The Bertz CT molecular complexity index is 742. The minimum atomic E-state index is -3.85. The Labute approximate surface area is 129 Å². The molecule has 0 saturated carbocycles. The van der Waals surface area contributed by atoms with Gasteiger partial charge in [0.1, 0.15) is 28.8 Å². The summed E-state index contributed by atoms with van der Waals surface area (Å²) >= 11 is 1.84. The third-order valence-corrected chi connectivity index (χ3v) is 4.91. The van der Waals surface area contributed by atoms with Gasteiger partial charge in [-0.25, -0.2) is 12.8 Å². The minimum absolute atomic E-state index is 0.0540. The predicted molar refractivity (Wildman–Crippen MR) is 79.3 cm³/mol. The van der Waals surface area contributed by atoms with E-state index in [1.54, 1.807) is 0 Å². The van der Waals surface area contributed by atoms with E-state index in [9.17, 15) is 12.8 Å². The van der Waals surface area contributed by atoms with Gasteiger partial charge in [-0.3, -0.25) is 4.72 Å². The normalized spacial score (nSPS) is 11.6. The molecule has 1 heterocycles. The average Bonchev–Trinajstić information content (AvgIpc) is 2.75. The first kappa shape index (κ1) is 15.3. The maximum Gasteiger partial charge on any atom is 0.265 e. The number of aliphatic hydroxyl groups is 1.